The van der Waals surface area contributed by atoms with Crippen LogP contribution >= 0.6 is 23.1 Å². The molecule has 1 fully saturated rings. The lowest BCUT2D eigenvalue weighted by Crippen LogP contribution is -2.29. The molecule has 1 N–H and O–H groups in total. The van der Waals surface area contributed by atoms with Gasteiger partial charge in [-0.15, -0.1) is 21.5 Å². The molecule has 1 amide bonds. The van der Waals surface area contributed by atoms with Crippen LogP contribution in [0.4, 0.5) is 8.78 Å². The van der Waals surface area contributed by atoms with Gasteiger partial charge in [0.2, 0.25) is 5.91 Å². The Labute approximate surface area is 194 Å². The molecular weight excluding hydrogens is 450 g/mol. The number of carbonyl (C=O) groups excluding carboxylic acids is 1. The van der Waals surface area contributed by atoms with Crippen molar-refractivity contribution in [2.45, 2.75) is 62.7 Å². The van der Waals surface area contributed by atoms with E-state index in [1.165, 1.54) is 48.0 Å². The Kier molecular flexibility index (Phi) is 7.57. The molecule has 9 heteroatoms. The van der Waals surface area contributed by atoms with Crippen LogP contribution in [0.25, 0.3) is 0 Å². The molecule has 0 spiro atoms. The maximum atomic E-state index is 14.0. The second kappa shape index (κ2) is 10.6. The van der Waals surface area contributed by atoms with E-state index in [1.807, 2.05) is 6.07 Å². The largest absolute Gasteiger partial charge is 0.349 e. The maximum Gasteiger partial charge on any atom is 0.230 e. The number of thioether (sulfide) groups is 1. The molecule has 0 bridgehead atoms. The van der Waals surface area contributed by atoms with E-state index in [-0.39, 0.29) is 17.2 Å². The molecule has 3 aromatic rings. The van der Waals surface area contributed by atoms with E-state index in [4.69, 9.17) is 0 Å². The summed E-state index contributed by atoms with van der Waals surface area (Å²) < 4.78 is 29.4. The number of nitrogens with zero attached hydrogens (tertiary/aromatic N) is 3. The first-order valence-corrected chi connectivity index (χ1v) is 12.7. The van der Waals surface area contributed by atoms with Gasteiger partial charge in [-0.3, -0.25) is 4.79 Å². The van der Waals surface area contributed by atoms with E-state index in [0.29, 0.717) is 6.04 Å². The molecular formula is C23H26F2N4OS2. The lowest BCUT2D eigenvalue weighted by Gasteiger charge is -2.25. The van der Waals surface area contributed by atoms with Gasteiger partial charge in [0.05, 0.1) is 11.8 Å². The summed E-state index contributed by atoms with van der Waals surface area (Å²) in [5, 5.41) is 14.5. The maximum absolute atomic E-state index is 14.0. The van der Waals surface area contributed by atoms with Gasteiger partial charge < -0.3 is 9.88 Å². The van der Waals surface area contributed by atoms with Gasteiger partial charge >= 0.3 is 0 Å². The quantitative estimate of drug-likeness (QED) is 0.425. The molecule has 0 radical (unpaired) electrons. The molecule has 1 atom stereocenters. The highest BCUT2D eigenvalue weighted by Crippen LogP contribution is 2.33. The van der Waals surface area contributed by atoms with Crippen LogP contribution in [0.3, 0.4) is 0 Å². The third-order valence-electron chi connectivity index (χ3n) is 5.73. The Bertz CT molecular complexity index is 1050. The number of hydrogen-bond donors (Lipinski definition) is 1. The highest BCUT2D eigenvalue weighted by Gasteiger charge is 2.24. The SMILES string of the molecule is CC(NC(=O)CSc1nnc(Cc2cccs2)n1C1CCCCC1)c1ccc(F)cc1F. The van der Waals surface area contributed by atoms with E-state index in [2.05, 4.69) is 31.5 Å². The van der Waals surface area contributed by atoms with Gasteiger partial charge in [-0.05, 0) is 37.3 Å². The summed E-state index contributed by atoms with van der Waals surface area (Å²) in [7, 11) is 0. The lowest BCUT2D eigenvalue weighted by molar-refractivity contribution is -0.119. The standard InChI is InChI=1S/C23H26F2N4OS2/c1-15(19-10-9-16(24)12-20(19)25)26-22(30)14-32-23-28-27-21(13-18-8-5-11-31-18)29(23)17-6-3-2-4-7-17/h5,8-12,15,17H,2-4,6-7,13-14H2,1H3,(H,26,30). The average Bonchev–Trinajstić information content (AvgIpc) is 3.43. The fourth-order valence-electron chi connectivity index (χ4n) is 4.15. The number of amides is 1. The van der Waals surface area contributed by atoms with Crippen LogP contribution in [0, 0.1) is 11.6 Å². The van der Waals surface area contributed by atoms with E-state index in [0.717, 1.165) is 36.3 Å². The van der Waals surface area contributed by atoms with Crippen molar-refractivity contribution in [3.05, 3.63) is 63.6 Å². The van der Waals surface area contributed by atoms with Crippen LogP contribution < -0.4 is 5.32 Å². The van der Waals surface area contributed by atoms with Crippen LogP contribution in [0.2, 0.25) is 0 Å². The number of hydrogen-bond acceptors (Lipinski definition) is 5. The second-order valence-corrected chi connectivity index (χ2v) is 10.0. The van der Waals surface area contributed by atoms with Crippen molar-refractivity contribution in [1.82, 2.24) is 20.1 Å². The summed E-state index contributed by atoms with van der Waals surface area (Å²) in [6.07, 6.45) is 6.54. The van der Waals surface area contributed by atoms with Crippen molar-refractivity contribution in [2.75, 3.05) is 5.75 Å². The Hall–Kier alpha value is -2.26. The Morgan fingerprint density at radius 3 is 2.78 bits per heavy atom. The topological polar surface area (TPSA) is 59.8 Å². The van der Waals surface area contributed by atoms with E-state index in [1.54, 1.807) is 18.3 Å². The fraction of sp³-hybridized carbons (Fsp3) is 0.435. The Morgan fingerprint density at radius 2 is 2.06 bits per heavy atom. The molecule has 1 saturated carbocycles. The molecule has 1 aliphatic carbocycles. The Morgan fingerprint density at radius 1 is 1.25 bits per heavy atom. The highest BCUT2D eigenvalue weighted by atomic mass is 32.2. The zero-order valence-electron chi connectivity index (χ0n) is 17.9. The summed E-state index contributed by atoms with van der Waals surface area (Å²) in [5.41, 5.74) is 0.258. The van der Waals surface area contributed by atoms with Crippen molar-refractivity contribution in [3.63, 3.8) is 0 Å². The van der Waals surface area contributed by atoms with Gasteiger partial charge in [0.1, 0.15) is 17.5 Å². The Balaban J connectivity index is 1.43. The molecule has 1 aliphatic rings. The number of rotatable bonds is 8. The molecule has 5 nitrogen and oxygen atoms in total. The zero-order chi connectivity index (χ0) is 22.5. The summed E-state index contributed by atoms with van der Waals surface area (Å²) in [6.45, 7) is 1.68. The van der Waals surface area contributed by atoms with Crippen molar-refractivity contribution >= 4 is 29.0 Å². The summed E-state index contributed by atoms with van der Waals surface area (Å²) in [6, 6.07) is 7.30. The predicted molar refractivity (Wildman–Crippen MR) is 123 cm³/mol. The minimum Gasteiger partial charge on any atom is -0.349 e. The number of halogens is 2. The number of carbonyl (C=O) groups is 1. The van der Waals surface area contributed by atoms with Gasteiger partial charge in [-0.2, -0.15) is 0 Å². The van der Waals surface area contributed by atoms with Gasteiger partial charge in [0.25, 0.3) is 0 Å². The first-order valence-electron chi connectivity index (χ1n) is 10.8. The van der Waals surface area contributed by atoms with Crippen molar-refractivity contribution in [2.24, 2.45) is 0 Å². The van der Waals surface area contributed by atoms with E-state index in [9.17, 15) is 13.6 Å². The minimum atomic E-state index is -0.666. The monoisotopic (exact) mass is 476 g/mol. The molecule has 2 heterocycles. The third kappa shape index (κ3) is 5.56. The van der Waals surface area contributed by atoms with Crippen molar-refractivity contribution < 1.29 is 13.6 Å². The third-order valence-corrected chi connectivity index (χ3v) is 7.55. The number of nitrogens with one attached hydrogen (secondary N) is 1. The molecule has 32 heavy (non-hydrogen) atoms. The average molecular weight is 477 g/mol. The normalized spacial score (nSPS) is 15.6. The van der Waals surface area contributed by atoms with Crippen LogP contribution in [0.15, 0.2) is 40.9 Å². The van der Waals surface area contributed by atoms with Crippen molar-refractivity contribution in [1.29, 1.82) is 0 Å². The number of thiophene rings is 1. The lowest BCUT2D eigenvalue weighted by atomic mass is 9.95. The van der Waals surface area contributed by atoms with Crippen molar-refractivity contribution in [3.8, 4) is 0 Å². The molecule has 1 aromatic carbocycles. The van der Waals surface area contributed by atoms with Crippen LogP contribution in [0.1, 0.15) is 67.4 Å². The zero-order valence-corrected chi connectivity index (χ0v) is 19.5. The number of benzene rings is 1. The van der Waals surface area contributed by atoms with E-state index < -0.39 is 17.7 Å². The molecule has 2 aromatic heterocycles. The molecule has 170 valence electrons. The van der Waals surface area contributed by atoms with Crippen LogP contribution in [-0.2, 0) is 11.2 Å². The predicted octanol–water partition coefficient (Wildman–Crippen LogP) is 5.68. The molecule has 0 saturated heterocycles. The molecule has 0 aliphatic heterocycles. The first-order chi connectivity index (χ1) is 15.5. The number of aromatic nitrogens is 3. The summed E-state index contributed by atoms with van der Waals surface area (Å²) in [4.78, 5) is 13.8. The van der Waals surface area contributed by atoms with Gasteiger partial charge in [-0.25, -0.2) is 8.78 Å². The second-order valence-electron chi connectivity index (χ2n) is 8.06. The van der Waals surface area contributed by atoms with Gasteiger partial charge in [-0.1, -0.05) is 43.2 Å². The van der Waals surface area contributed by atoms with Crippen LogP contribution in [0.5, 0.6) is 0 Å². The minimum absolute atomic E-state index is 0.150. The highest BCUT2D eigenvalue weighted by molar-refractivity contribution is 7.99. The first kappa shape index (κ1) is 22.9. The van der Waals surface area contributed by atoms with Gasteiger partial charge in [0, 0.05) is 29.0 Å². The summed E-state index contributed by atoms with van der Waals surface area (Å²) >= 11 is 3.05. The smallest absolute Gasteiger partial charge is 0.230 e. The van der Waals surface area contributed by atoms with E-state index >= 15 is 0 Å². The van der Waals surface area contributed by atoms with Crippen LogP contribution in [-0.4, -0.2) is 26.4 Å². The summed E-state index contributed by atoms with van der Waals surface area (Å²) in [5.74, 6) is -0.452. The molecule has 1 unspecified atom stereocenters. The fourth-order valence-corrected chi connectivity index (χ4v) is 5.68. The van der Waals surface area contributed by atoms with Gasteiger partial charge in [0.15, 0.2) is 5.16 Å². The molecule has 4 rings (SSSR count).